The maximum Gasteiger partial charge on any atom is 0.140 e. The summed E-state index contributed by atoms with van der Waals surface area (Å²) in [7, 11) is 0. The highest BCUT2D eigenvalue weighted by molar-refractivity contribution is 6.24. The molecule has 4 heteroatoms. The lowest BCUT2D eigenvalue weighted by Crippen LogP contribution is -1.98. The molecule has 0 atom stereocenters. The molecule has 0 aliphatic rings. The van der Waals surface area contributed by atoms with Gasteiger partial charge in [-0.05, 0) is 42.5 Å². The van der Waals surface area contributed by atoms with Gasteiger partial charge in [-0.2, -0.15) is 5.26 Å². The van der Waals surface area contributed by atoms with Crippen molar-refractivity contribution in [3.05, 3.63) is 109 Å². The minimum Gasteiger partial charge on any atom is -0.456 e. The van der Waals surface area contributed by atoms with Crippen LogP contribution in [-0.2, 0) is 0 Å². The van der Waals surface area contributed by atoms with Gasteiger partial charge in [-0.1, -0.05) is 54.6 Å². The number of nitriles is 1. The summed E-state index contributed by atoms with van der Waals surface area (Å²) in [6, 6.07) is 35.1. The van der Waals surface area contributed by atoms with Gasteiger partial charge in [0.25, 0.3) is 0 Å². The lowest BCUT2D eigenvalue weighted by Gasteiger charge is -2.14. The molecule has 0 aliphatic heterocycles. The van der Waals surface area contributed by atoms with Crippen molar-refractivity contribution in [2.45, 2.75) is 0 Å². The van der Waals surface area contributed by atoms with Crippen molar-refractivity contribution in [1.82, 2.24) is 9.55 Å². The van der Waals surface area contributed by atoms with Crippen molar-refractivity contribution < 1.29 is 4.42 Å². The summed E-state index contributed by atoms with van der Waals surface area (Å²) < 4.78 is 8.57. The van der Waals surface area contributed by atoms with Crippen molar-refractivity contribution in [2.75, 3.05) is 0 Å². The fourth-order valence-electron chi connectivity index (χ4n) is 5.05. The third-order valence-electron chi connectivity index (χ3n) is 6.51. The molecule has 4 nitrogen and oxygen atoms in total. The van der Waals surface area contributed by atoms with Gasteiger partial charge in [-0.3, -0.25) is 0 Å². The van der Waals surface area contributed by atoms with E-state index >= 15 is 0 Å². The summed E-state index contributed by atoms with van der Waals surface area (Å²) in [4.78, 5) is 4.32. The Morgan fingerprint density at radius 3 is 2.35 bits per heavy atom. The number of hydrogen-bond donors (Lipinski definition) is 0. The Hall–Kier alpha value is -4.88. The van der Waals surface area contributed by atoms with E-state index in [1.165, 1.54) is 10.8 Å². The molecular formula is C30H17N3O. The summed E-state index contributed by atoms with van der Waals surface area (Å²) in [5, 5.41) is 13.8. The largest absolute Gasteiger partial charge is 0.456 e. The normalized spacial score (nSPS) is 11.5. The number of rotatable bonds is 2. The minimum atomic E-state index is 0.407. The second kappa shape index (κ2) is 7.06. The first-order chi connectivity index (χ1) is 16.8. The van der Waals surface area contributed by atoms with Crippen molar-refractivity contribution in [2.24, 2.45) is 0 Å². The van der Waals surface area contributed by atoms with E-state index in [0.717, 1.165) is 49.8 Å². The molecule has 0 spiro atoms. The Kier molecular flexibility index (Phi) is 3.88. The first-order valence-corrected chi connectivity index (χ1v) is 11.1. The summed E-state index contributed by atoms with van der Waals surface area (Å²) in [5.74, 6) is 0. The fraction of sp³-hybridized carbons (Fsp3) is 0. The fourth-order valence-corrected chi connectivity index (χ4v) is 5.05. The second-order valence-corrected chi connectivity index (χ2v) is 8.35. The van der Waals surface area contributed by atoms with Gasteiger partial charge in [0.2, 0.25) is 0 Å². The van der Waals surface area contributed by atoms with Crippen molar-refractivity contribution in [3.8, 4) is 22.9 Å². The van der Waals surface area contributed by atoms with Gasteiger partial charge in [-0.25, -0.2) is 4.98 Å². The molecule has 3 aromatic heterocycles. The van der Waals surface area contributed by atoms with Crippen LogP contribution in [0.15, 0.2) is 108 Å². The van der Waals surface area contributed by atoms with Gasteiger partial charge in [0, 0.05) is 33.5 Å². The van der Waals surface area contributed by atoms with Gasteiger partial charge in [-0.15, -0.1) is 0 Å². The van der Waals surface area contributed by atoms with Crippen LogP contribution < -0.4 is 0 Å². The van der Waals surface area contributed by atoms with Crippen LogP contribution in [0.2, 0.25) is 0 Å². The second-order valence-electron chi connectivity index (χ2n) is 8.35. The molecule has 0 saturated carbocycles. The van der Waals surface area contributed by atoms with Crippen LogP contribution in [0.4, 0.5) is 0 Å². The Bertz CT molecular complexity index is 1920. The van der Waals surface area contributed by atoms with Crippen LogP contribution in [0, 0.1) is 11.3 Å². The van der Waals surface area contributed by atoms with Crippen molar-refractivity contribution in [1.29, 1.82) is 5.26 Å². The first-order valence-electron chi connectivity index (χ1n) is 11.1. The highest BCUT2D eigenvalue weighted by Crippen LogP contribution is 2.42. The molecule has 3 heterocycles. The topological polar surface area (TPSA) is 54.8 Å². The molecule has 0 bridgehead atoms. The Balaban J connectivity index is 1.67. The van der Waals surface area contributed by atoms with E-state index in [4.69, 9.17) is 4.42 Å². The van der Waals surface area contributed by atoms with Gasteiger partial charge >= 0.3 is 0 Å². The predicted octanol–water partition coefficient (Wildman–Crippen LogP) is 7.62. The number of fused-ring (bicyclic) bond motifs is 7. The lowest BCUT2D eigenvalue weighted by molar-refractivity contribution is 0.669. The molecule has 0 fully saturated rings. The maximum atomic E-state index is 9.18. The molecule has 34 heavy (non-hydrogen) atoms. The van der Waals surface area contributed by atoms with Crippen LogP contribution in [-0.4, -0.2) is 9.55 Å². The average molecular weight is 435 g/mol. The molecule has 0 N–H and O–H groups in total. The zero-order valence-corrected chi connectivity index (χ0v) is 18.1. The Labute approximate surface area is 194 Å². The third-order valence-corrected chi connectivity index (χ3v) is 6.51. The predicted molar refractivity (Wildman–Crippen MR) is 136 cm³/mol. The van der Waals surface area contributed by atoms with Crippen LogP contribution in [0.3, 0.4) is 0 Å². The molecule has 4 aromatic carbocycles. The van der Waals surface area contributed by atoms with Gasteiger partial charge < -0.3 is 8.98 Å². The van der Waals surface area contributed by atoms with E-state index in [1.54, 1.807) is 12.3 Å². The smallest absolute Gasteiger partial charge is 0.140 e. The van der Waals surface area contributed by atoms with Crippen LogP contribution >= 0.6 is 0 Å². The summed E-state index contributed by atoms with van der Waals surface area (Å²) >= 11 is 0. The van der Waals surface area contributed by atoms with Crippen molar-refractivity contribution in [3.63, 3.8) is 0 Å². The van der Waals surface area contributed by atoms with Crippen LogP contribution in [0.25, 0.3) is 60.6 Å². The molecule has 0 amide bonds. The van der Waals surface area contributed by atoms with Gasteiger partial charge in [0.15, 0.2) is 0 Å². The molecular weight excluding hydrogens is 418 g/mol. The summed E-state index contributed by atoms with van der Waals surface area (Å²) in [6.07, 6.45) is 1.77. The number of aromatic nitrogens is 2. The average Bonchev–Trinajstić information content (AvgIpc) is 3.44. The highest BCUT2D eigenvalue weighted by Gasteiger charge is 2.20. The quantitative estimate of drug-likeness (QED) is 0.281. The maximum absolute atomic E-state index is 9.18. The molecule has 0 saturated heterocycles. The lowest BCUT2D eigenvalue weighted by atomic mass is 10.0. The number of furan rings is 1. The highest BCUT2D eigenvalue weighted by atomic mass is 16.3. The number of pyridine rings is 1. The number of hydrogen-bond acceptors (Lipinski definition) is 3. The zero-order valence-electron chi connectivity index (χ0n) is 18.1. The van der Waals surface area contributed by atoms with E-state index in [1.807, 2.05) is 24.3 Å². The first kappa shape index (κ1) is 18.7. The Morgan fingerprint density at radius 1 is 0.706 bits per heavy atom. The molecule has 0 unspecified atom stereocenters. The van der Waals surface area contributed by atoms with E-state index in [9.17, 15) is 5.26 Å². The van der Waals surface area contributed by atoms with Crippen LogP contribution in [0.5, 0.6) is 0 Å². The number of nitrogens with zero attached hydrogens (tertiary/aromatic N) is 3. The zero-order chi connectivity index (χ0) is 22.6. The molecule has 158 valence electrons. The van der Waals surface area contributed by atoms with E-state index in [0.29, 0.717) is 5.69 Å². The third kappa shape index (κ3) is 2.55. The monoisotopic (exact) mass is 435 g/mol. The van der Waals surface area contributed by atoms with Gasteiger partial charge in [0.05, 0.1) is 22.1 Å². The standard InChI is InChI=1S/C30H17N3O/c31-17-20-14-13-19(18-32-20)21-7-1-4-10-25(21)33-26-11-5-2-8-22(26)23-15-16-28-29(30(23)33)24-9-3-6-12-27(24)34-28/h1-16,18H. The molecule has 0 radical (unpaired) electrons. The number of para-hydroxylation sites is 3. The SMILES string of the molecule is N#Cc1ccc(-c2ccccc2-n2c3ccccc3c3ccc4oc5ccccc5c4c32)cn1. The van der Waals surface area contributed by atoms with E-state index < -0.39 is 0 Å². The van der Waals surface area contributed by atoms with Crippen LogP contribution in [0.1, 0.15) is 5.69 Å². The molecule has 7 aromatic rings. The van der Waals surface area contributed by atoms with E-state index in [2.05, 4.69) is 82.4 Å². The molecule has 0 aliphatic carbocycles. The Morgan fingerprint density at radius 2 is 1.50 bits per heavy atom. The minimum absolute atomic E-state index is 0.407. The van der Waals surface area contributed by atoms with Gasteiger partial charge in [0.1, 0.15) is 22.9 Å². The molecule has 7 rings (SSSR count). The summed E-state index contributed by atoms with van der Waals surface area (Å²) in [5.41, 5.74) is 7.48. The van der Waals surface area contributed by atoms with E-state index in [-0.39, 0.29) is 0 Å². The summed E-state index contributed by atoms with van der Waals surface area (Å²) in [6.45, 7) is 0. The number of benzene rings is 4. The van der Waals surface area contributed by atoms with Crippen molar-refractivity contribution >= 4 is 43.7 Å².